The lowest BCUT2D eigenvalue weighted by Crippen LogP contribution is -2.67. The van der Waals surface area contributed by atoms with E-state index >= 15 is 0 Å². The molecule has 2 atom stereocenters. The summed E-state index contributed by atoms with van der Waals surface area (Å²) in [5, 5.41) is 10.2. The smallest absolute Gasteiger partial charge is 0.453 e. The third-order valence-corrected chi connectivity index (χ3v) is 9.61. The fraction of sp³-hybridized carbons (Fsp3) is 0.333. The van der Waals surface area contributed by atoms with Crippen molar-refractivity contribution < 1.29 is 27.4 Å². The highest BCUT2D eigenvalue weighted by Gasteiger charge is 2.44. The average molecular weight is 809 g/mol. The first kappa shape index (κ1) is 42.2. The van der Waals surface area contributed by atoms with Gasteiger partial charge in [0.25, 0.3) is 11.7 Å². The predicted molar refractivity (Wildman–Crippen MR) is 201 cm³/mol. The highest BCUT2D eigenvalue weighted by atomic mass is 35.5. The summed E-state index contributed by atoms with van der Waals surface area (Å²) in [6.45, 7) is 3.09. The highest BCUT2D eigenvalue weighted by molar-refractivity contribution is 5.92. The molecule has 0 N–H and O–H groups in total. The molecule has 0 spiro atoms. The standard InChI is InChI=1S/C36H36F3N9O3.3ClH/c1-50-31-14-13-29(48-35(36(37,38)39)42-43-44-48)33(51-2)27(31)21-45-19-26-20-46(34(49)28-15-16-40-23-41-28)17-18-47(26)30(22-45)32(24-9-5-3-6-10-24)25-11-7-4-8-12-25;;;/h3-16,23,26,30,32H,17-22H2,1-2H3;3*1H/t26-,30+;;;/m1.../s1. The van der Waals surface area contributed by atoms with Gasteiger partial charge in [-0.25, -0.2) is 9.97 Å². The van der Waals surface area contributed by atoms with Crippen molar-refractivity contribution in [2.24, 2.45) is 0 Å². The lowest BCUT2D eigenvalue weighted by Gasteiger charge is -2.53. The minimum Gasteiger partial charge on any atom is -0.496 e. The summed E-state index contributed by atoms with van der Waals surface area (Å²) >= 11 is 0. The molecule has 0 radical (unpaired) electrons. The summed E-state index contributed by atoms with van der Waals surface area (Å²) in [6.07, 6.45) is -1.87. The Morgan fingerprint density at radius 1 is 0.870 bits per heavy atom. The number of carbonyl (C=O) groups is 1. The van der Waals surface area contributed by atoms with Gasteiger partial charge in [-0.15, -0.1) is 42.3 Å². The molecule has 4 heterocycles. The molecule has 12 nitrogen and oxygen atoms in total. The Hall–Kier alpha value is -4.54. The predicted octanol–water partition coefficient (Wildman–Crippen LogP) is 5.60. The summed E-state index contributed by atoms with van der Waals surface area (Å²) in [5.41, 5.74) is 3.23. The fourth-order valence-electron chi connectivity index (χ4n) is 7.44. The first-order valence-electron chi connectivity index (χ1n) is 16.5. The second kappa shape index (κ2) is 18.2. The molecule has 2 fully saturated rings. The molecule has 18 heteroatoms. The van der Waals surface area contributed by atoms with Crippen LogP contribution in [0.5, 0.6) is 11.5 Å². The number of nitrogens with zero attached hydrogens (tertiary/aromatic N) is 9. The van der Waals surface area contributed by atoms with Crippen LogP contribution >= 0.6 is 37.2 Å². The average Bonchev–Trinajstić information content (AvgIpc) is 3.67. The Morgan fingerprint density at radius 3 is 2.15 bits per heavy atom. The van der Waals surface area contributed by atoms with Crippen molar-refractivity contribution in [1.82, 2.24) is 44.9 Å². The lowest BCUT2D eigenvalue weighted by molar-refractivity contribution is -0.146. The molecule has 7 rings (SSSR count). The Morgan fingerprint density at radius 2 is 1.56 bits per heavy atom. The number of halogens is 6. The van der Waals surface area contributed by atoms with Gasteiger partial charge in [0.2, 0.25) is 0 Å². The van der Waals surface area contributed by atoms with Crippen LogP contribution in [0, 0.1) is 0 Å². The Balaban J connectivity index is 0.00000217. The minimum absolute atomic E-state index is 0. The van der Waals surface area contributed by atoms with E-state index in [1.54, 1.807) is 18.3 Å². The highest BCUT2D eigenvalue weighted by Crippen LogP contribution is 2.40. The molecule has 288 valence electrons. The Labute approximate surface area is 328 Å². The van der Waals surface area contributed by atoms with Crippen LogP contribution in [0.25, 0.3) is 5.69 Å². The summed E-state index contributed by atoms with van der Waals surface area (Å²) in [7, 11) is 2.91. The van der Waals surface area contributed by atoms with Gasteiger partial charge < -0.3 is 14.4 Å². The molecule has 0 bridgehead atoms. The summed E-state index contributed by atoms with van der Waals surface area (Å²) < 4.78 is 53.9. The van der Waals surface area contributed by atoms with E-state index in [9.17, 15) is 18.0 Å². The van der Waals surface area contributed by atoms with Gasteiger partial charge in [-0.1, -0.05) is 60.7 Å². The van der Waals surface area contributed by atoms with Gasteiger partial charge in [0, 0.05) is 63.5 Å². The lowest BCUT2D eigenvalue weighted by atomic mass is 9.81. The number of piperazine rings is 2. The zero-order valence-electron chi connectivity index (χ0n) is 29.2. The van der Waals surface area contributed by atoms with Gasteiger partial charge >= 0.3 is 6.18 Å². The number of amides is 1. The number of alkyl halides is 3. The van der Waals surface area contributed by atoms with Crippen LogP contribution in [0.2, 0.25) is 0 Å². The van der Waals surface area contributed by atoms with Gasteiger partial charge in [0.15, 0.2) is 5.75 Å². The third-order valence-electron chi connectivity index (χ3n) is 9.61. The van der Waals surface area contributed by atoms with E-state index in [1.807, 2.05) is 41.3 Å². The van der Waals surface area contributed by atoms with Gasteiger partial charge in [-0.2, -0.15) is 17.9 Å². The molecule has 0 unspecified atom stereocenters. The number of ether oxygens (including phenoxy) is 2. The van der Waals surface area contributed by atoms with Crippen molar-refractivity contribution in [2.45, 2.75) is 30.7 Å². The number of fused-ring (bicyclic) bond motifs is 1. The van der Waals surface area contributed by atoms with E-state index in [2.05, 4.69) is 59.6 Å². The van der Waals surface area contributed by atoms with E-state index in [1.165, 1.54) is 26.6 Å². The number of carbonyl (C=O) groups excluding carboxylic acids is 1. The van der Waals surface area contributed by atoms with Crippen molar-refractivity contribution in [3.05, 3.63) is 120 Å². The van der Waals surface area contributed by atoms with Crippen LogP contribution in [-0.4, -0.2) is 110 Å². The number of benzene rings is 3. The maximum absolute atomic E-state index is 13.9. The Bertz CT molecular complexity index is 1920. The molecule has 54 heavy (non-hydrogen) atoms. The normalized spacial score (nSPS) is 17.4. The molecule has 3 aromatic carbocycles. The van der Waals surface area contributed by atoms with E-state index < -0.39 is 12.0 Å². The second-order valence-corrected chi connectivity index (χ2v) is 12.5. The van der Waals surface area contributed by atoms with E-state index in [0.717, 1.165) is 11.1 Å². The molecule has 2 aliphatic heterocycles. The van der Waals surface area contributed by atoms with Crippen LogP contribution < -0.4 is 9.47 Å². The number of hydrogen-bond acceptors (Lipinski definition) is 10. The summed E-state index contributed by atoms with van der Waals surface area (Å²) in [5.74, 6) is -0.838. The number of methoxy groups -OCH3 is 2. The molecule has 1 amide bonds. The van der Waals surface area contributed by atoms with Crippen molar-refractivity contribution in [3.8, 4) is 17.2 Å². The zero-order chi connectivity index (χ0) is 35.5. The van der Waals surface area contributed by atoms with E-state index in [4.69, 9.17) is 9.47 Å². The first-order chi connectivity index (χ1) is 24.8. The fourth-order valence-corrected chi connectivity index (χ4v) is 7.44. The zero-order valence-corrected chi connectivity index (χ0v) is 31.7. The van der Waals surface area contributed by atoms with Gasteiger partial charge in [0.05, 0.1) is 19.8 Å². The molecular weight excluding hydrogens is 770 g/mol. The van der Waals surface area contributed by atoms with Crippen LogP contribution in [0.15, 0.2) is 91.4 Å². The van der Waals surface area contributed by atoms with Crippen LogP contribution in [0.1, 0.15) is 38.9 Å². The van der Waals surface area contributed by atoms with E-state index in [0.29, 0.717) is 54.4 Å². The minimum atomic E-state index is -4.79. The van der Waals surface area contributed by atoms with Gasteiger partial charge in [0.1, 0.15) is 23.5 Å². The number of rotatable bonds is 9. The third kappa shape index (κ3) is 8.55. The van der Waals surface area contributed by atoms with Crippen LogP contribution in [0.4, 0.5) is 13.2 Å². The summed E-state index contributed by atoms with van der Waals surface area (Å²) in [4.78, 5) is 28.4. The molecule has 0 aliphatic carbocycles. The topological polar surface area (TPSA) is 115 Å². The molecule has 2 aliphatic rings. The van der Waals surface area contributed by atoms with Gasteiger partial charge in [-0.3, -0.25) is 14.6 Å². The number of aromatic nitrogens is 6. The molecule has 5 aromatic rings. The first-order valence-corrected chi connectivity index (χ1v) is 16.5. The number of tetrazole rings is 1. The SMILES string of the molecule is COc1ccc(-n2nnnc2C(F)(F)F)c(OC)c1CN1C[C@@H]2CN(C(=O)c3ccncn3)CCN2[C@H](C(c2ccccc2)c2ccccc2)C1.Cl.Cl.Cl. The largest absolute Gasteiger partial charge is 0.496 e. The quantitative estimate of drug-likeness (QED) is 0.187. The Kier molecular flexibility index (Phi) is 14.2. The second-order valence-electron chi connectivity index (χ2n) is 12.5. The van der Waals surface area contributed by atoms with Gasteiger partial charge in [-0.05, 0) is 39.8 Å². The summed E-state index contributed by atoms with van der Waals surface area (Å²) in [6, 6.07) is 25.3. The monoisotopic (exact) mass is 807 g/mol. The van der Waals surface area contributed by atoms with Crippen LogP contribution in [0.3, 0.4) is 0 Å². The molecular formula is C36H39Cl3F3N9O3. The van der Waals surface area contributed by atoms with Crippen molar-refractivity contribution in [3.63, 3.8) is 0 Å². The van der Waals surface area contributed by atoms with Crippen molar-refractivity contribution >= 4 is 43.1 Å². The maximum Gasteiger partial charge on any atom is 0.453 e. The molecule has 0 saturated carbocycles. The van der Waals surface area contributed by atoms with Crippen molar-refractivity contribution in [2.75, 3.05) is 46.9 Å². The van der Waals surface area contributed by atoms with E-state index in [-0.39, 0.29) is 79.1 Å². The maximum atomic E-state index is 13.9. The molecule has 2 aromatic heterocycles. The van der Waals surface area contributed by atoms with Crippen LogP contribution in [-0.2, 0) is 12.7 Å². The number of hydrogen-bond donors (Lipinski definition) is 0. The molecule has 2 saturated heterocycles. The van der Waals surface area contributed by atoms with Crippen molar-refractivity contribution in [1.29, 1.82) is 0 Å².